The summed E-state index contributed by atoms with van der Waals surface area (Å²) in [6.45, 7) is 0. The number of benzene rings is 3. The van der Waals surface area contributed by atoms with Crippen molar-refractivity contribution in [2.45, 2.75) is 38.5 Å². The van der Waals surface area contributed by atoms with Crippen LogP contribution in [0.5, 0.6) is 0 Å². The molecule has 128 valence electrons. The molecule has 0 amide bonds. The fraction of sp³-hybridized carbons (Fsp3) is 0.280. The zero-order valence-electron chi connectivity index (χ0n) is 15.0. The first-order valence-corrected chi connectivity index (χ1v) is 9.52. The molecule has 3 aromatic carbocycles. The summed E-state index contributed by atoms with van der Waals surface area (Å²) >= 11 is 0. The van der Waals surface area contributed by atoms with E-state index in [1.165, 1.54) is 55.2 Å². The molecule has 0 N–H and O–H groups in total. The van der Waals surface area contributed by atoms with Crippen molar-refractivity contribution in [1.82, 2.24) is 0 Å². The number of hydrogen-bond acceptors (Lipinski definition) is 0. The van der Waals surface area contributed by atoms with Crippen molar-refractivity contribution in [2.24, 2.45) is 5.92 Å². The predicted octanol–water partition coefficient (Wildman–Crippen LogP) is 6.50. The van der Waals surface area contributed by atoms with Crippen LogP contribution in [0, 0.1) is 5.92 Å². The number of hydrogen-bond donors (Lipinski definition) is 0. The molecule has 0 aliphatic carbocycles. The van der Waals surface area contributed by atoms with Gasteiger partial charge in [-0.25, -0.2) is 0 Å². The molecule has 0 nitrogen and oxygen atoms in total. The first-order chi connectivity index (χ1) is 12.4. The van der Waals surface area contributed by atoms with Gasteiger partial charge in [-0.2, -0.15) is 0 Å². The maximum Gasteiger partial charge on any atom is -0.0250 e. The summed E-state index contributed by atoms with van der Waals surface area (Å²) in [6, 6.07) is 32.8. The molecule has 0 aromatic heterocycles. The van der Waals surface area contributed by atoms with Crippen molar-refractivity contribution in [3.63, 3.8) is 0 Å². The normalized spacial score (nSPS) is 12.0. The highest BCUT2D eigenvalue weighted by Gasteiger charge is 2.10. The Morgan fingerprint density at radius 1 is 0.480 bits per heavy atom. The van der Waals surface area contributed by atoms with Crippen molar-refractivity contribution < 1.29 is 0 Å². The lowest BCUT2D eigenvalue weighted by Gasteiger charge is -2.17. The Morgan fingerprint density at radius 2 is 0.960 bits per heavy atom. The fourth-order valence-corrected chi connectivity index (χ4v) is 3.55. The molecule has 0 bridgehead atoms. The Bertz CT molecular complexity index is 701. The van der Waals surface area contributed by atoms with Crippen LogP contribution >= 0.6 is 0 Å². The second-order valence-corrected chi connectivity index (χ2v) is 6.96. The van der Waals surface area contributed by atoms with Gasteiger partial charge in [0.05, 0.1) is 0 Å². The van der Waals surface area contributed by atoms with Gasteiger partial charge >= 0.3 is 0 Å². The monoisotopic (exact) mass is 328 g/mol. The number of rotatable bonds is 9. The molecule has 25 heavy (non-hydrogen) atoms. The minimum absolute atomic E-state index is 0.756. The fourth-order valence-electron chi connectivity index (χ4n) is 3.55. The van der Waals surface area contributed by atoms with E-state index in [-0.39, 0.29) is 0 Å². The van der Waals surface area contributed by atoms with Crippen molar-refractivity contribution in [3.05, 3.63) is 108 Å². The van der Waals surface area contributed by atoms with Crippen LogP contribution in [0.15, 0.2) is 91.0 Å². The third-order valence-electron chi connectivity index (χ3n) is 4.97. The maximum absolute atomic E-state index is 2.27. The van der Waals surface area contributed by atoms with E-state index in [0.717, 1.165) is 5.92 Å². The first kappa shape index (κ1) is 17.5. The second kappa shape index (κ2) is 9.84. The standard InChI is InChI=1S/C25H28/c1-4-11-22(12-5-1)17-10-18-25(21-24-15-8-3-9-16-24)20-19-23-13-6-2-7-14-23/h1-9,11-16,25H,10,17-21H2. The largest absolute Gasteiger partial charge is 0.0622 e. The predicted molar refractivity (Wildman–Crippen MR) is 108 cm³/mol. The molecular weight excluding hydrogens is 300 g/mol. The Balaban J connectivity index is 1.55. The highest BCUT2D eigenvalue weighted by atomic mass is 14.2. The van der Waals surface area contributed by atoms with Crippen LogP contribution in [0.2, 0.25) is 0 Å². The summed E-state index contributed by atoms with van der Waals surface area (Å²) in [5, 5.41) is 0. The van der Waals surface area contributed by atoms with Crippen LogP contribution in [0.3, 0.4) is 0 Å². The zero-order chi connectivity index (χ0) is 17.2. The average molecular weight is 328 g/mol. The van der Waals surface area contributed by atoms with Gasteiger partial charge in [0.2, 0.25) is 0 Å². The SMILES string of the molecule is c1ccc(CCCC(CCc2ccccc2)Cc2ccccc2)cc1. The van der Waals surface area contributed by atoms with E-state index in [9.17, 15) is 0 Å². The summed E-state index contributed by atoms with van der Waals surface area (Å²) in [6.07, 6.45) is 7.42. The van der Waals surface area contributed by atoms with E-state index in [4.69, 9.17) is 0 Å². The molecule has 3 rings (SSSR count). The topological polar surface area (TPSA) is 0 Å². The Labute approximate surface area is 152 Å². The minimum Gasteiger partial charge on any atom is -0.0622 e. The van der Waals surface area contributed by atoms with E-state index >= 15 is 0 Å². The lowest BCUT2D eigenvalue weighted by atomic mass is 9.88. The van der Waals surface area contributed by atoms with Gasteiger partial charge in [0, 0.05) is 0 Å². The number of aryl methyl sites for hydroxylation is 2. The Kier molecular flexibility index (Phi) is 6.88. The van der Waals surface area contributed by atoms with Gasteiger partial charge in [-0.05, 0) is 61.1 Å². The molecule has 0 heteroatoms. The molecule has 1 atom stereocenters. The highest BCUT2D eigenvalue weighted by Crippen LogP contribution is 2.21. The van der Waals surface area contributed by atoms with Gasteiger partial charge in [-0.3, -0.25) is 0 Å². The third kappa shape index (κ3) is 6.23. The molecule has 0 spiro atoms. The van der Waals surface area contributed by atoms with Crippen LogP contribution < -0.4 is 0 Å². The Morgan fingerprint density at radius 3 is 1.52 bits per heavy atom. The second-order valence-electron chi connectivity index (χ2n) is 6.96. The molecule has 0 fully saturated rings. The molecule has 0 saturated carbocycles. The smallest absolute Gasteiger partial charge is 0.0250 e. The van der Waals surface area contributed by atoms with Gasteiger partial charge in [0.1, 0.15) is 0 Å². The zero-order valence-corrected chi connectivity index (χ0v) is 15.0. The summed E-state index contributed by atoms with van der Waals surface area (Å²) in [5.74, 6) is 0.756. The van der Waals surface area contributed by atoms with E-state index in [0.29, 0.717) is 0 Å². The van der Waals surface area contributed by atoms with Crippen LogP contribution in [0.4, 0.5) is 0 Å². The van der Waals surface area contributed by atoms with Crippen LogP contribution in [-0.2, 0) is 19.3 Å². The highest BCUT2D eigenvalue weighted by molar-refractivity contribution is 5.17. The molecule has 1 unspecified atom stereocenters. The molecule has 0 aliphatic heterocycles. The molecule has 0 saturated heterocycles. The van der Waals surface area contributed by atoms with Crippen molar-refractivity contribution in [1.29, 1.82) is 0 Å². The molecule has 3 aromatic rings. The molecule has 0 aliphatic rings. The van der Waals surface area contributed by atoms with Gasteiger partial charge in [-0.15, -0.1) is 0 Å². The van der Waals surface area contributed by atoms with Crippen LogP contribution in [-0.4, -0.2) is 0 Å². The van der Waals surface area contributed by atoms with Gasteiger partial charge in [0.25, 0.3) is 0 Å². The summed E-state index contributed by atoms with van der Waals surface area (Å²) in [7, 11) is 0. The maximum atomic E-state index is 2.27. The Hall–Kier alpha value is -2.34. The molecule has 0 radical (unpaired) electrons. The first-order valence-electron chi connectivity index (χ1n) is 9.52. The quantitative estimate of drug-likeness (QED) is 0.420. The van der Waals surface area contributed by atoms with E-state index in [1.54, 1.807) is 0 Å². The van der Waals surface area contributed by atoms with Gasteiger partial charge in [0.15, 0.2) is 0 Å². The summed E-state index contributed by atoms with van der Waals surface area (Å²) in [4.78, 5) is 0. The lowest BCUT2D eigenvalue weighted by molar-refractivity contribution is 0.434. The van der Waals surface area contributed by atoms with Crippen LogP contribution in [0.25, 0.3) is 0 Å². The van der Waals surface area contributed by atoms with Crippen molar-refractivity contribution >= 4 is 0 Å². The summed E-state index contributed by atoms with van der Waals surface area (Å²) in [5.41, 5.74) is 4.40. The third-order valence-corrected chi connectivity index (χ3v) is 4.97. The minimum atomic E-state index is 0.756. The summed E-state index contributed by atoms with van der Waals surface area (Å²) < 4.78 is 0. The average Bonchev–Trinajstić information content (AvgIpc) is 2.68. The van der Waals surface area contributed by atoms with Crippen LogP contribution in [0.1, 0.15) is 36.0 Å². The molecular formula is C25H28. The molecule has 0 heterocycles. The van der Waals surface area contributed by atoms with E-state index in [2.05, 4.69) is 91.0 Å². The lowest BCUT2D eigenvalue weighted by Crippen LogP contribution is -2.07. The van der Waals surface area contributed by atoms with Gasteiger partial charge < -0.3 is 0 Å². The van der Waals surface area contributed by atoms with Crippen molar-refractivity contribution in [3.8, 4) is 0 Å². The van der Waals surface area contributed by atoms with Crippen molar-refractivity contribution in [2.75, 3.05) is 0 Å². The van der Waals surface area contributed by atoms with Gasteiger partial charge in [-0.1, -0.05) is 91.0 Å². The van der Waals surface area contributed by atoms with E-state index in [1.807, 2.05) is 0 Å². The van der Waals surface area contributed by atoms with E-state index < -0.39 is 0 Å².